The molecule has 0 bridgehead atoms. The van der Waals surface area contributed by atoms with E-state index in [9.17, 15) is 22.8 Å². The smallest absolute Gasteiger partial charge is 0.340 e. The quantitative estimate of drug-likeness (QED) is 0.618. The molecule has 0 unspecified atom stereocenters. The fourth-order valence-corrected chi connectivity index (χ4v) is 2.02. The van der Waals surface area contributed by atoms with Crippen LogP contribution in [0.3, 0.4) is 0 Å². The second-order valence-corrected chi connectivity index (χ2v) is 4.89. The molecule has 25 heavy (non-hydrogen) atoms. The standard InChI is InChI=1S/C17H15F3N2O3/c1-2-25-17(24)10-5-3-4-6-12(10)21-9-14(23)22-13-8-7-11(18)15(19)16(13)20/h3-8,21H,2,9H2,1H3,(H,22,23). The van der Waals surface area contributed by atoms with Crippen molar-refractivity contribution in [2.45, 2.75) is 6.92 Å². The molecule has 2 rings (SSSR count). The molecule has 0 aliphatic heterocycles. The van der Waals surface area contributed by atoms with E-state index < -0.39 is 35.0 Å². The number of hydrogen-bond donors (Lipinski definition) is 2. The average molecular weight is 352 g/mol. The van der Waals surface area contributed by atoms with Crippen molar-refractivity contribution in [3.63, 3.8) is 0 Å². The predicted octanol–water partition coefficient (Wildman–Crippen LogP) is 3.33. The topological polar surface area (TPSA) is 67.4 Å². The number of nitrogens with one attached hydrogen (secondary N) is 2. The van der Waals surface area contributed by atoms with Crippen molar-refractivity contribution >= 4 is 23.3 Å². The van der Waals surface area contributed by atoms with Crippen molar-refractivity contribution in [2.24, 2.45) is 0 Å². The van der Waals surface area contributed by atoms with Crippen LogP contribution in [0.2, 0.25) is 0 Å². The largest absolute Gasteiger partial charge is 0.462 e. The molecule has 5 nitrogen and oxygen atoms in total. The maximum Gasteiger partial charge on any atom is 0.340 e. The number of ether oxygens (including phenoxy) is 1. The molecule has 2 N–H and O–H groups in total. The van der Waals surface area contributed by atoms with E-state index in [0.29, 0.717) is 11.8 Å². The number of carbonyl (C=O) groups excluding carboxylic acids is 2. The monoisotopic (exact) mass is 352 g/mol. The van der Waals surface area contributed by atoms with Crippen LogP contribution in [0.15, 0.2) is 36.4 Å². The van der Waals surface area contributed by atoms with E-state index in [0.717, 1.165) is 6.07 Å². The first-order chi connectivity index (χ1) is 11.9. The van der Waals surface area contributed by atoms with E-state index in [1.807, 2.05) is 0 Å². The van der Waals surface area contributed by atoms with Gasteiger partial charge in [0.05, 0.1) is 24.4 Å². The molecule has 0 saturated heterocycles. The highest BCUT2D eigenvalue weighted by Gasteiger charge is 2.16. The summed E-state index contributed by atoms with van der Waals surface area (Å²) in [6.45, 7) is 1.54. The van der Waals surface area contributed by atoms with E-state index in [2.05, 4.69) is 10.6 Å². The minimum absolute atomic E-state index is 0.197. The highest BCUT2D eigenvalue weighted by Crippen LogP contribution is 2.20. The lowest BCUT2D eigenvalue weighted by atomic mass is 10.2. The Kier molecular flexibility index (Phi) is 5.99. The molecule has 0 aromatic heterocycles. The summed E-state index contributed by atoms with van der Waals surface area (Å²) in [6, 6.07) is 7.99. The first kappa shape index (κ1) is 18.3. The first-order valence-corrected chi connectivity index (χ1v) is 7.37. The molecular weight excluding hydrogens is 337 g/mol. The minimum atomic E-state index is -1.67. The molecule has 0 atom stereocenters. The van der Waals surface area contributed by atoms with E-state index in [4.69, 9.17) is 4.74 Å². The van der Waals surface area contributed by atoms with Crippen LogP contribution >= 0.6 is 0 Å². The number of carbonyl (C=O) groups is 2. The lowest BCUT2D eigenvalue weighted by Crippen LogP contribution is -2.23. The Morgan fingerprint density at radius 1 is 1.00 bits per heavy atom. The van der Waals surface area contributed by atoms with Gasteiger partial charge in [0, 0.05) is 5.69 Å². The van der Waals surface area contributed by atoms with Gasteiger partial charge in [-0.15, -0.1) is 0 Å². The van der Waals surface area contributed by atoms with Gasteiger partial charge < -0.3 is 15.4 Å². The number of amides is 1. The Hall–Kier alpha value is -3.03. The van der Waals surface area contributed by atoms with Gasteiger partial charge in [0.25, 0.3) is 0 Å². The second-order valence-electron chi connectivity index (χ2n) is 4.89. The van der Waals surface area contributed by atoms with E-state index in [-0.39, 0.29) is 18.7 Å². The van der Waals surface area contributed by atoms with Crippen LogP contribution in [0.5, 0.6) is 0 Å². The summed E-state index contributed by atoms with van der Waals surface area (Å²) >= 11 is 0. The molecule has 0 heterocycles. The molecule has 8 heteroatoms. The summed E-state index contributed by atoms with van der Waals surface area (Å²) in [7, 11) is 0. The Morgan fingerprint density at radius 3 is 2.44 bits per heavy atom. The minimum Gasteiger partial charge on any atom is -0.462 e. The fourth-order valence-electron chi connectivity index (χ4n) is 2.02. The molecular formula is C17H15F3N2O3. The summed E-state index contributed by atoms with van der Waals surface area (Å²) in [4.78, 5) is 23.7. The SMILES string of the molecule is CCOC(=O)c1ccccc1NCC(=O)Nc1ccc(F)c(F)c1F. The highest BCUT2D eigenvalue weighted by atomic mass is 19.2. The zero-order valence-electron chi connectivity index (χ0n) is 13.2. The van der Waals surface area contributed by atoms with Gasteiger partial charge in [-0.1, -0.05) is 12.1 Å². The number of rotatable bonds is 6. The molecule has 2 aromatic carbocycles. The number of anilines is 2. The van der Waals surface area contributed by atoms with Gasteiger partial charge in [0.1, 0.15) is 0 Å². The van der Waals surface area contributed by atoms with Crippen molar-refractivity contribution in [3.8, 4) is 0 Å². The van der Waals surface area contributed by atoms with E-state index >= 15 is 0 Å². The van der Waals surface area contributed by atoms with Gasteiger partial charge in [-0.25, -0.2) is 18.0 Å². The summed E-state index contributed by atoms with van der Waals surface area (Å²) < 4.78 is 44.4. The molecule has 1 amide bonds. The second kappa shape index (κ2) is 8.18. The summed E-state index contributed by atoms with van der Waals surface area (Å²) in [6.07, 6.45) is 0. The van der Waals surface area contributed by atoms with Crippen molar-refractivity contribution in [2.75, 3.05) is 23.8 Å². The van der Waals surface area contributed by atoms with Crippen LogP contribution in [0, 0.1) is 17.5 Å². The highest BCUT2D eigenvalue weighted by molar-refractivity contribution is 5.98. The molecule has 0 radical (unpaired) electrons. The number of halogens is 3. The van der Waals surface area contributed by atoms with Gasteiger partial charge in [0.2, 0.25) is 5.91 Å². The molecule has 0 aliphatic carbocycles. The Balaban J connectivity index is 2.04. The van der Waals surface area contributed by atoms with E-state index in [1.54, 1.807) is 25.1 Å². The van der Waals surface area contributed by atoms with Gasteiger partial charge in [0.15, 0.2) is 17.5 Å². The molecule has 0 saturated carbocycles. The van der Waals surface area contributed by atoms with Crippen molar-refractivity contribution in [1.29, 1.82) is 0 Å². The van der Waals surface area contributed by atoms with Gasteiger partial charge in [-0.2, -0.15) is 0 Å². The molecule has 0 aliphatic rings. The first-order valence-electron chi connectivity index (χ1n) is 7.37. The third kappa shape index (κ3) is 4.50. The number of esters is 1. The van der Waals surface area contributed by atoms with Crippen LogP contribution < -0.4 is 10.6 Å². The predicted molar refractivity (Wildman–Crippen MR) is 85.8 cm³/mol. The van der Waals surface area contributed by atoms with Gasteiger partial charge in [-0.3, -0.25) is 4.79 Å². The molecule has 0 fully saturated rings. The van der Waals surface area contributed by atoms with Crippen molar-refractivity contribution in [1.82, 2.24) is 0 Å². The lowest BCUT2D eigenvalue weighted by Gasteiger charge is -2.12. The number of benzene rings is 2. The Morgan fingerprint density at radius 2 is 1.72 bits per heavy atom. The molecule has 132 valence electrons. The maximum atomic E-state index is 13.5. The van der Waals surface area contributed by atoms with Crippen LogP contribution in [0.25, 0.3) is 0 Å². The maximum absolute atomic E-state index is 13.5. The van der Waals surface area contributed by atoms with Crippen LogP contribution in [0.1, 0.15) is 17.3 Å². The lowest BCUT2D eigenvalue weighted by molar-refractivity contribution is -0.114. The van der Waals surface area contributed by atoms with Crippen molar-refractivity contribution in [3.05, 3.63) is 59.4 Å². The molecule has 0 spiro atoms. The van der Waals surface area contributed by atoms with Crippen molar-refractivity contribution < 1.29 is 27.5 Å². The zero-order chi connectivity index (χ0) is 18.4. The summed E-state index contributed by atoms with van der Waals surface area (Å²) in [5.74, 6) is -5.77. The molecule has 2 aromatic rings. The van der Waals surface area contributed by atoms with Crippen LogP contribution in [-0.4, -0.2) is 25.0 Å². The zero-order valence-corrected chi connectivity index (χ0v) is 13.2. The third-order valence-corrected chi connectivity index (χ3v) is 3.17. The third-order valence-electron chi connectivity index (χ3n) is 3.17. The van der Waals surface area contributed by atoms with Gasteiger partial charge in [-0.05, 0) is 31.2 Å². The normalized spacial score (nSPS) is 10.2. The van der Waals surface area contributed by atoms with E-state index in [1.165, 1.54) is 6.07 Å². The summed E-state index contributed by atoms with van der Waals surface area (Å²) in [5, 5.41) is 4.84. The van der Waals surface area contributed by atoms with Gasteiger partial charge >= 0.3 is 5.97 Å². The van der Waals surface area contributed by atoms with Crippen LogP contribution in [0.4, 0.5) is 24.5 Å². The Bertz CT molecular complexity index is 797. The Labute approximate surface area is 141 Å². The number of hydrogen-bond acceptors (Lipinski definition) is 4. The van der Waals surface area contributed by atoms with Crippen LogP contribution in [-0.2, 0) is 9.53 Å². The average Bonchev–Trinajstić information content (AvgIpc) is 2.61. The summed E-state index contributed by atoms with van der Waals surface area (Å²) in [5.41, 5.74) is 0.0994. The number of para-hydroxylation sites is 1. The fraction of sp³-hybridized carbons (Fsp3) is 0.176.